The van der Waals surface area contributed by atoms with E-state index in [0.717, 1.165) is 16.0 Å². The number of anilines is 2. The molecule has 0 aromatic carbocycles. The molecule has 0 radical (unpaired) electrons. The maximum atomic E-state index is 4.35. The van der Waals surface area contributed by atoms with Crippen LogP contribution in [0.5, 0.6) is 0 Å². The van der Waals surface area contributed by atoms with Crippen molar-refractivity contribution in [1.82, 2.24) is 14.8 Å². The van der Waals surface area contributed by atoms with E-state index in [1.807, 2.05) is 37.3 Å². The van der Waals surface area contributed by atoms with Gasteiger partial charge in [0.05, 0.1) is 16.4 Å². The Bertz CT molecular complexity index is 452. The molecule has 0 aliphatic heterocycles. The summed E-state index contributed by atoms with van der Waals surface area (Å²) in [4.78, 5) is 6.06. The summed E-state index contributed by atoms with van der Waals surface area (Å²) in [5.41, 5.74) is 1.01. The van der Waals surface area contributed by atoms with E-state index in [0.29, 0.717) is 0 Å². The van der Waals surface area contributed by atoms with Gasteiger partial charge in [-0.1, -0.05) is 0 Å². The highest BCUT2D eigenvalue weighted by atomic mass is 79.9. The first-order valence-electron chi connectivity index (χ1n) is 4.51. The van der Waals surface area contributed by atoms with Crippen LogP contribution < -0.4 is 4.90 Å². The zero-order valence-corrected chi connectivity index (χ0v) is 10.1. The van der Waals surface area contributed by atoms with Gasteiger partial charge in [-0.25, -0.2) is 0 Å². The number of aromatic nitrogens is 3. The molecule has 2 heterocycles. The first kappa shape index (κ1) is 10.2. The fraction of sp³-hybridized carbons (Fsp3) is 0.200. The van der Waals surface area contributed by atoms with Gasteiger partial charge in [0.25, 0.3) is 0 Å². The number of hydrogen-bond acceptors (Lipinski definition) is 3. The number of nitrogens with zero attached hydrogens (tertiary/aromatic N) is 4. The van der Waals surface area contributed by atoms with Crippen LogP contribution in [0.3, 0.4) is 0 Å². The fourth-order valence-electron chi connectivity index (χ4n) is 1.35. The van der Waals surface area contributed by atoms with E-state index in [4.69, 9.17) is 0 Å². The van der Waals surface area contributed by atoms with Crippen LogP contribution in [0.15, 0.2) is 35.2 Å². The van der Waals surface area contributed by atoms with E-state index in [1.54, 1.807) is 17.1 Å². The largest absolute Gasteiger partial charge is 0.326 e. The van der Waals surface area contributed by atoms with Crippen molar-refractivity contribution < 1.29 is 0 Å². The van der Waals surface area contributed by atoms with Gasteiger partial charge in [0.2, 0.25) is 0 Å². The molecule has 0 aliphatic carbocycles. The van der Waals surface area contributed by atoms with Crippen molar-refractivity contribution >= 4 is 27.4 Å². The summed E-state index contributed by atoms with van der Waals surface area (Å²) >= 11 is 3.47. The Hall–Kier alpha value is -1.36. The molecule has 0 spiro atoms. The van der Waals surface area contributed by atoms with E-state index in [9.17, 15) is 0 Å². The second-order valence-corrected chi connectivity index (χ2v) is 4.10. The smallest absolute Gasteiger partial charge is 0.169 e. The van der Waals surface area contributed by atoms with Crippen molar-refractivity contribution in [2.24, 2.45) is 7.05 Å². The molecular formula is C10H11BrN4. The quantitative estimate of drug-likeness (QED) is 0.837. The van der Waals surface area contributed by atoms with Crippen LogP contribution in [0.4, 0.5) is 11.5 Å². The Morgan fingerprint density at radius 1 is 1.47 bits per heavy atom. The molecule has 5 heteroatoms. The summed E-state index contributed by atoms with van der Waals surface area (Å²) in [7, 11) is 3.86. The third kappa shape index (κ3) is 2.02. The Morgan fingerprint density at radius 2 is 2.27 bits per heavy atom. The van der Waals surface area contributed by atoms with Gasteiger partial charge in [0.15, 0.2) is 5.82 Å². The second-order valence-electron chi connectivity index (χ2n) is 3.24. The third-order valence-corrected chi connectivity index (χ3v) is 2.68. The van der Waals surface area contributed by atoms with Crippen molar-refractivity contribution in [3.8, 4) is 0 Å². The van der Waals surface area contributed by atoms with Gasteiger partial charge in [-0.15, -0.1) is 0 Å². The molecule has 0 bridgehead atoms. The molecule has 0 saturated heterocycles. The Labute approximate surface area is 96.7 Å². The van der Waals surface area contributed by atoms with Gasteiger partial charge in [0, 0.05) is 26.5 Å². The summed E-state index contributed by atoms with van der Waals surface area (Å²) < 4.78 is 2.74. The lowest BCUT2D eigenvalue weighted by Crippen LogP contribution is -2.11. The molecule has 0 saturated carbocycles. The molecule has 15 heavy (non-hydrogen) atoms. The molecule has 2 aromatic rings. The van der Waals surface area contributed by atoms with Gasteiger partial charge >= 0.3 is 0 Å². The third-order valence-electron chi connectivity index (χ3n) is 2.12. The van der Waals surface area contributed by atoms with Crippen molar-refractivity contribution in [3.05, 3.63) is 35.2 Å². The van der Waals surface area contributed by atoms with Gasteiger partial charge in [0.1, 0.15) is 0 Å². The molecule has 78 valence electrons. The maximum absolute atomic E-state index is 4.35. The molecule has 0 fully saturated rings. The van der Waals surface area contributed by atoms with E-state index < -0.39 is 0 Å². The average Bonchev–Trinajstić information content (AvgIpc) is 2.58. The molecule has 0 amide bonds. The zero-order valence-electron chi connectivity index (χ0n) is 8.55. The second kappa shape index (κ2) is 4.02. The first-order chi connectivity index (χ1) is 7.18. The lowest BCUT2D eigenvalue weighted by atomic mass is 10.4. The van der Waals surface area contributed by atoms with Gasteiger partial charge in [-0.05, 0) is 28.1 Å². The topological polar surface area (TPSA) is 34.0 Å². The van der Waals surface area contributed by atoms with Crippen molar-refractivity contribution in [2.75, 3.05) is 11.9 Å². The van der Waals surface area contributed by atoms with Crippen LogP contribution in [0.2, 0.25) is 0 Å². The molecule has 0 atom stereocenters. The standard InChI is InChI=1S/C10H11BrN4/c1-14-7-9(11)10(13-14)15(2)8-4-3-5-12-6-8/h3-7H,1-2H3. The molecule has 4 nitrogen and oxygen atoms in total. The Balaban J connectivity index is 2.36. The Morgan fingerprint density at radius 3 is 2.80 bits per heavy atom. The van der Waals surface area contributed by atoms with Crippen LogP contribution in [0.1, 0.15) is 0 Å². The van der Waals surface area contributed by atoms with Crippen molar-refractivity contribution in [3.63, 3.8) is 0 Å². The van der Waals surface area contributed by atoms with Crippen LogP contribution in [-0.4, -0.2) is 21.8 Å². The van der Waals surface area contributed by atoms with E-state index in [1.165, 1.54) is 0 Å². The minimum Gasteiger partial charge on any atom is -0.326 e. The lowest BCUT2D eigenvalue weighted by Gasteiger charge is -2.15. The molecular weight excluding hydrogens is 256 g/mol. The van der Waals surface area contributed by atoms with Crippen LogP contribution in [0.25, 0.3) is 0 Å². The van der Waals surface area contributed by atoms with Crippen LogP contribution in [-0.2, 0) is 7.05 Å². The van der Waals surface area contributed by atoms with Crippen LogP contribution >= 0.6 is 15.9 Å². The highest BCUT2D eigenvalue weighted by molar-refractivity contribution is 9.10. The number of hydrogen-bond donors (Lipinski definition) is 0. The maximum Gasteiger partial charge on any atom is 0.169 e. The number of aryl methyl sites for hydroxylation is 1. The van der Waals surface area contributed by atoms with E-state index in [-0.39, 0.29) is 0 Å². The number of halogens is 1. The highest BCUT2D eigenvalue weighted by Gasteiger charge is 2.11. The number of rotatable bonds is 2. The summed E-state index contributed by atoms with van der Waals surface area (Å²) in [5, 5.41) is 4.35. The summed E-state index contributed by atoms with van der Waals surface area (Å²) in [6, 6.07) is 3.90. The lowest BCUT2D eigenvalue weighted by molar-refractivity contribution is 0.764. The van der Waals surface area contributed by atoms with Crippen molar-refractivity contribution in [1.29, 1.82) is 0 Å². The first-order valence-corrected chi connectivity index (χ1v) is 5.30. The zero-order chi connectivity index (χ0) is 10.8. The Kier molecular flexibility index (Phi) is 2.73. The highest BCUT2D eigenvalue weighted by Crippen LogP contribution is 2.28. The molecule has 0 aliphatic rings. The van der Waals surface area contributed by atoms with E-state index in [2.05, 4.69) is 26.0 Å². The van der Waals surface area contributed by atoms with E-state index >= 15 is 0 Å². The summed E-state index contributed by atoms with van der Waals surface area (Å²) in [5.74, 6) is 0.880. The predicted molar refractivity (Wildman–Crippen MR) is 63.2 cm³/mol. The molecule has 0 N–H and O–H groups in total. The van der Waals surface area contributed by atoms with Gasteiger partial charge < -0.3 is 4.90 Å². The summed E-state index contributed by atoms with van der Waals surface area (Å²) in [6.45, 7) is 0. The number of pyridine rings is 1. The molecule has 2 rings (SSSR count). The molecule has 0 unspecified atom stereocenters. The minimum absolute atomic E-state index is 0.880. The fourth-order valence-corrected chi connectivity index (χ4v) is 1.99. The summed E-state index contributed by atoms with van der Waals surface area (Å²) in [6.07, 6.45) is 5.48. The van der Waals surface area contributed by atoms with Crippen molar-refractivity contribution in [2.45, 2.75) is 0 Å². The predicted octanol–water partition coefficient (Wildman–Crippen LogP) is 2.35. The monoisotopic (exact) mass is 266 g/mol. The molecule has 2 aromatic heterocycles. The minimum atomic E-state index is 0.880. The van der Waals surface area contributed by atoms with Gasteiger partial charge in [-0.2, -0.15) is 5.10 Å². The van der Waals surface area contributed by atoms with Crippen LogP contribution in [0, 0.1) is 0 Å². The normalized spacial score (nSPS) is 10.3. The SMILES string of the molecule is CN(c1cccnc1)c1nn(C)cc1Br. The average molecular weight is 267 g/mol. The van der Waals surface area contributed by atoms with Gasteiger partial charge in [-0.3, -0.25) is 9.67 Å².